The van der Waals surface area contributed by atoms with Crippen molar-refractivity contribution in [2.45, 2.75) is 199 Å². The molecule has 23 nitrogen and oxygen atoms in total. The van der Waals surface area contributed by atoms with Crippen LogP contribution in [0.1, 0.15) is 126 Å². The van der Waals surface area contributed by atoms with Crippen LogP contribution in [0.15, 0.2) is 85.1 Å². The Morgan fingerprint density at radius 1 is 0.614 bits per heavy atom. The van der Waals surface area contributed by atoms with E-state index in [1.807, 2.05) is 45.0 Å². The Morgan fingerprint density at radius 3 is 1.82 bits per heavy atom. The molecule has 2 heterocycles. The number of carbonyl (C=O) groups is 9. The van der Waals surface area contributed by atoms with E-state index in [2.05, 4.69) is 47.5 Å². The smallest absolute Gasteiger partial charge is 0.408 e. The summed E-state index contributed by atoms with van der Waals surface area (Å²) in [6.07, 6.45) is -0.819. The molecule has 4 aromatic rings. The maximum absolute atomic E-state index is 15.3. The molecule has 88 heavy (non-hydrogen) atoms. The fraction of sp³-hybridized carbons (Fsp3) is 0.540. The third-order valence-electron chi connectivity index (χ3n) is 13.1. The molecular weight excluding hydrogens is 1170 g/mol. The monoisotopic (exact) mass is 1260 g/mol. The quantitative estimate of drug-likeness (QED) is 0.0373. The molecule has 1 fully saturated rings. The zero-order chi connectivity index (χ0) is 65.1. The van der Waals surface area contributed by atoms with Crippen LogP contribution in [0.3, 0.4) is 0 Å². The van der Waals surface area contributed by atoms with Crippen LogP contribution >= 0.6 is 21.6 Å². The molecule has 0 saturated carbocycles. The van der Waals surface area contributed by atoms with Gasteiger partial charge in [-0.1, -0.05) is 82.3 Å². The van der Waals surface area contributed by atoms with Crippen LogP contribution in [0, 0.1) is 0 Å². The SMILES string of the molecule is C[C@@H](OC(C)(C)C)[C@@H]1NC(=O)[C@H](CCCCNC(=O)OC(C)(C)C)NC(=O)[C@@H](Cc2c[nH]c3ccccc23)NC(=O)[C@H](Cc2ccc(OC(C)(C)C)cc2)NC(=O)[C@@H](NC(=O)[C@@H](Cc2ccccc2)NC(=O)OC(C)(C)C)CSSC[C@@H](C(=O)O)NC1=O. The summed E-state index contributed by atoms with van der Waals surface area (Å²) < 4.78 is 23.2. The van der Waals surface area contributed by atoms with Gasteiger partial charge in [0.2, 0.25) is 35.4 Å². The van der Waals surface area contributed by atoms with Crippen LogP contribution in [0.4, 0.5) is 9.59 Å². The summed E-state index contributed by atoms with van der Waals surface area (Å²) in [5.41, 5.74) is -0.570. The topological polar surface area (TPSA) is 323 Å². The van der Waals surface area contributed by atoms with Gasteiger partial charge in [-0.25, -0.2) is 14.4 Å². The average Bonchev–Trinajstić information content (AvgIpc) is 2.99. The summed E-state index contributed by atoms with van der Waals surface area (Å²) >= 11 is 0. The summed E-state index contributed by atoms with van der Waals surface area (Å²) in [6.45, 7) is 22.7. The molecule has 482 valence electrons. The maximum Gasteiger partial charge on any atom is 0.408 e. The van der Waals surface area contributed by atoms with Crippen LogP contribution in [0.2, 0.25) is 0 Å². The van der Waals surface area contributed by atoms with Gasteiger partial charge in [-0.3, -0.25) is 28.8 Å². The van der Waals surface area contributed by atoms with E-state index in [1.54, 1.807) is 123 Å². The number of carboxylic acid groups (broad SMARTS) is 1. The predicted octanol–water partition coefficient (Wildman–Crippen LogP) is 6.55. The van der Waals surface area contributed by atoms with Crippen molar-refractivity contribution >= 4 is 86.1 Å². The van der Waals surface area contributed by atoms with Crippen molar-refractivity contribution in [3.05, 3.63) is 102 Å². The van der Waals surface area contributed by atoms with Gasteiger partial charge in [-0.05, 0) is 144 Å². The van der Waals surface area contributed by atoms with Crippen molar-refractivity contribution < 1.29 is 67.2 Å². The minimum atomic E-state index is -1.58. The Balaban J connectivity index is 1.63. The van der Waals surface area contributed by atoms with Crippen molar-refractivity contribution in [1.82, 2.24) is 47.5 Å². The van der Waals surface area contributed by atoms with E-state index < -0.39 is 124 Å². The highest BCUT2D eigenvalue weighted by atomic mass is 33.1. The highest BCUT2D eigenvalue weighted by Crippen LogP contribution is 2.26. The standard InChI is InChI=1S/C63H89N9O14S2/c1-37(83-60(2,3)4)50-56(78)70-49(57(79)80)36-88-87-35-48(69-53(75)46(31-38-21-15-14-16-22-38)71-59(82)86-63(11,12)13)55(77)67-45(32-39-26-28-41(29-27-39)84-61(5,6)7)52(74)68-47(33-40-34-65-43-24-18-17-23-42(40)43)54(76)66-44(51(73)72-50)25-19-20-30-64-58(81)85-62(8,9)10/h14-18,21-24,26-29,34,37,44-50,65H,19-20,25,30-33,35-36H2,1-13H3,(H,64,81)(H,66,76)(H,67,77)(H,68,74)(H,69,75)(H,70,78)(H,71,82)(H,72,73)(H,79,80)/t37-,44+,45+,46-,47-,48+,49+,50+/m1/s1. The van der Waals surface area contributed by atoms with Gasteiger partial charge in [0.15, 0.2) is 0 Å². The Hall–Kier alpha value is -7.51. The van der Waals surface area contributed by atoms with Crippen LogP contribution in [0.25, 0.3) is 10.9 Å². The summed E-state index contributed by atoms with van der Waals surface area (Å²) in [5, 5.41) is 33.2. The molecule has 1 aliphatic heterocycles. The van der Waals surface area contributed by atoms with E-state index in [1.165, 1.54) is 6.92 Å². The number of hydrogen-bond donors (Lipinski definition) is 10. The first-order valence-corrected chi connectivity index (χ1v) is 31.9. The number of ether oxygens (including phenoxy) is 4. The number of amides is 8. The van der Waals surface area contributed by atoms with E-state index in [4.69, 9.17) is 18.9 Å². The Labute approximate surface area is 523 Å². The third kappa shape index (κ3) is 24.9. The number of carboxylic acids is 1. The summed E-state index contributed by atoms with van der Waals surface area (Å²) in [5.74, 6) is -6.55. The second-order valence-electron chi connectivity index (χ2n) is 25.6. The first kappa shape index (κ1) is 71.2. The largest absolute Gasteiger partial charge is 0.488 e. The van der Waals surface area contributed by atoms with E-state index in [0.717, 1.165) is 32.5 Å². The number of para-hydroxylation sites is 1. The van der Waals surface area contributed by atoms with Gasteiger partial charge in [-0.2, -0.15) is 0 Å². The number of benzene rings is 3. The molecule has 1 aliphatic rings. The highest BCUT2D eigenvalue weighted by Gasteiger charge is 2.38. The van der Waals surface area contributed by atoms with Gasteiger partial charge in [0, 0.05) is 54.4 Å². The number of aromatic amines is 1. The fourth-order valence-corrected chi connectivity index (χ4v) is 11.5. The normalized spacial score (nSPS) is 20.5. The van der Waals surface area contributed by atoms with Crippen molar-refractivity contribution in [1.29, 1.82) is 0 Å². The maximum atomic E-state index is 15.3. The summed E-state index contributed by atoms with van der Waals surface area (Å²) in [4.78, 5) is 131. The zero-order valence-electron chi connectivity index (χ0n) is 52.6. The third-order valence-corrected chi connectivity index (χ3v) is 15.5. The second kappa shape index (κ2) is 32.1. The lowest BCUT2D eigenvalue weighted by atomic mass is 10.0. The van der Waals surface area contributed by atoms with Crippen molar-refractivity contribution in [3.8, 4) is 5.75 Å². The number of nitrogens with one attached hydrogen (secondary N) is 9. The number of alkyl carbamates (subject to hydrolysis) is 2. The van der Waals surface area contributed by atoms with E-state index in [0.29, 0.717) is 28.9 Å². The first-order chi connectivity index (χ1) is 41.1. The Morgan fingerprint density at radius 2 is 1.19 bits per heavy atom. The molecule has 8 amide bonds. The van der Waals surface area contributed by atoms with Crippen LogP contribution in [0.5, 0.6) is 5.75 Å². The van der Waals surface area contributed by atoms with Gasteiger partial charge in [-0.15, -0.1) is 0 Å². The highest BCUT2D eigenvalue weighted by molar-refractivity contribution is 8.76. The molecule has 8 atom stereocenters. The number of H-pyrrole nitrogens is 1. The van der Waals surface area contributed by atoms with Crippen molar-refractivity contribution in [2.75, 3.05) is 18.1 Å². The van der Waals surface area contributed by atoms with Gasteiger partial charge in [0.05, 0.1) is 11.7 Å². The number of rotatable bonds is 18. The number of hydrogen-bond acceptors (Lipinski definition) is 15. The number of aromatic nitrogens is 1. The molecule has 3 aromatic carbocycles. The number of unbranched alkanes of at least 4 members (excludes halogenated alkanes) is 1. The van der Waals surface area contributed by atoms with Crippen molar-refractivity contribution in [2.24, 2.45) is 0 Å². The minimum absolute atomic E-state index is 0.0327. The molecule has 25 heteroatoms. The first-order valence-electron chi connectivity index (χ1n) is 29.4. The van der Waals surface area contributed by atoms with Crippen molar-refractivity contribution in [3.63, 3.8) is 0 Å². The van der Waals surface area contributed by atoms with Gasteiger partial charge in [0.1, 0.15) is 64.8 Å². The molecule has 0 unspecified atom stereocenters. The van der Waals surface area contributed by atoms with Crippen LogP contribution in [-0.4, -0.2) is 153 Å². The molecule has 1 aromatic heterocycles. The molecular formula is C63H89N9O14S2. The van der Waals surface area contributed by atoms with Gasteiger partial charge >= 0.3 is 18.2 Å². The lowest BCUT2D eigenvalue weighted by molar-refractivity contribution is -0.144. The molecule has 0 bridgehead atoms. The summed E-state index contributed by atoms with van der Waals surface area (Å²) in [7, 11) is 1.94. The minimum Gasteiger partial charge on any atom is -0.488 e. The second-order valence-corrected chi connectivity index (χ2v) is 28.1. The lowest BCUT2D eigenvalue weighted by Gasteiger charge is -2.32. The predicted molar refractivity (Wildman–Crippen MR) is 338 cm³/mol. The molecule has 0 spiro atoms. The van der Waals surface area contributed by atoms with Crippen LogP contribution < -0.4 is 47.3 Å². The molecule has 5 rings (SSSR count). The average molecular weight is 1260 g/mol. The number of aliphatic carboxylic acids is 1. The lowest BCUT2D eigenvalue weighted by Crippen LogP contribution is -2.62. The molecule has 1 saturated heterocycles. The Kier molecular flexibility index (Phi) is 26.0. The molecule has 0 radical (unpaired) electrons. The summed E-state index contributed by atoms with van der Waals surface area (Å²) in [6, 6.07) is 12.8. The number of fused-ring (bicyclic) bond motifs is 1. The van der Waals surface area contributed by atoms with E-state index >= 15 is 14.4 Å². The van der Waals surface area contributed by atoms with E-state index in [9.17, 15) is 33.9 Å². The fourth-order valence-electron chi connectivity index (χ4n) is 9.19. The van der Waals surface area contributed by atoms with Gasteiger partial charge in [0.25, 0.3) is 0 Å². The number of carbonyl (C=O) groups excluding carboxylic acids is 8. The van der Waals surface area contributed by atoms with E-state index in [-0.39, 0.29) is 50.2 Å². The Bertz CT molecular complexity index is 3030. The zero-order valence-corrected chi connectivity index (χ0v) is 54.3. The molecule has 0 aliphatic carbocycles. The molecule has 10 N–H and O–H groups in total. The van der Waals surface area contributed by atoms with Crippen LogP contribution in [-0.2, 0) is 67.0 Å². The van der Waals surface area contributed by atoms with Gasteiger partial charge < -0.3 is 71.6 Å².